The molecule has 3 nitrogen and oxygen atoms in total. The van der Waals surface area contributed by atoms with Crippen LogP contribution in [-0.2, 0) is 0 Å². The molecule has 0 radical (unpaired) electrons. The Labute approximate surface area is 109 Å². The van der Waals surface area contributed by atoms with Gasteiger partial charge in [-0.3, -0.25) is 0 Å². The number of rotatable bonds is 5. The quantitative estimate of drug-likeness (QED) is 0.788. The Bertz CT molecular complexity index is 400. The molecule has 102 valence electrons. The van der Waals surface area contributed by atoms with E-state index in [1.807, 2.05) is 6.92 Å². The Morgan fingerprint density at radius 3 is 2.56 bits per heavy atom. The minimum Gasteiger partial charge on any atom is -0.491 e. The van der Waals surface area contributed by atoms with Crippen LogP contribution in [0.15, 0.2) is 12.1 Å². The molecular weight excluding hydrogens is 231 g/mol. The second-order valence-electron chi connectivity index (χ2n) is 5.54. The highest BCUT2D eigenvalue weighted by Gasteiger charge is 2.11. The summed E-state index contributed by atoms with van der Waals surface area (Å²) in [5, 5.41) is 3.22. The third-order valence-electron chi connectivity index (χ3n) is 2.59. The number of hydrogen-bond acceptors (Lipinski definition) is 3. The van der Waals surface area contributed by atoms with Gasteiger partial charge in [-0.25, -0.2) is 4.39 Å². The molecule has 0 spiro atoms. The van der Waals surface area contributed by atoms with Crippen molar-refractivity contribution in [1.82, 2.24) is 0 Å². The largest absolute Gasteiger partial charge is 0.491 e. The number of nitrogens with two attached hydrogens (primary N) is 1. The highest BCUT2D eigenvalue weighted by molar-refractivity contribution is 5.68. The lowest BCUT2D eigenvalue weighted by molar-refractivity contribution is 0.322. The maximum absolute atomic E-state index is 13.5. The van der Waals surface area contributed by atoms with Crippen LogP contribution in [0.5, 0.6) is 5.75 Å². The molecule has 0 saturated carbocycles. The summed E-state index contributed by atoms with van der Waals surface area (Å²) in [7, 11) is 0. The van der Waals surface area contributed by atoms with E-state index in [-0.39, 0.29) is 11.2 Å². The van der Waals surface area contributed by atoms with Crippen molar-refractivity contribution in [2.24, 2.45) is 5.41 Å². The first-order chi connectivity index (χ1) is 8.33. The first kappa shape index (κ1) is 14.6. The molecule has 0 aliphatic heterocycles. The molecular formula is C14H23FN2O. The molecule has 0 fully saturated rings. The number of hydrogen-bond donors (Lipinski definition) is 2. The molecule has 0 atom stereocenters. The molecule has 0 aromatic heterocycles. The highest BCUT2D eigenvalue weighted by Crippen LogP contribution is 2.28. The summed E-state index contributed by atoms with van der Waals surface area (Å²) in [6.45, 7) is 9.58. The van der Waals surface area contributed by atoms with Crippen LogP contribution in [0.4, 0.5) is 15.8 Å². The average Bonchev–Trinajstić information content (AvgIpc) is 2.23. The lowest BCUT2D eigenvalue weighted by Gasteiger charge is -2.19. The van der Waals surface area contributed by atoms with E-state index in [0.717, 1.165) is 18.7 Å². The van der Waals surface area contributed by atoms with E-state index in [4.69, 9.17) is 10.5 Å². The third kappa shape index (κ3) is 4.43. The minimum atomic E-state index is -0.421. The maximum Gasteiger partial charge on any atom is 0.167 e. The van der Waals surface area contributed by atoms with Gasteiger partial charge >= 0.3 is 0 Å². The smallest absolute Gasteiger partial charge is 0.167 e. The van der Waals surface area contributed by atoms with Gasteiger partial charge in [0.15, 0.2) is 11.6 Å². The van der Waals surface area contributed by atoms with Crippen LogP contribution in [0, 0.1) is 11.2 Å². The molecule has 0 unspecified atom stereocenters. The Balaban J connectivity index is 2.73. The average molecular weight is 254 g/mol. The summed E-state index contributed by atoms with van der Waals surface area (Å²) < 4.78 is 18.7. The molecule has 1 aromatic carbocycles. The van der Waals surface area contributed by atoms with Crippen molar-refractivity contribution in [3.05, 3.63) is 17.9 Å². The number of anilines is 2. The molecule has 1 aromatic rings. The lowest BCUT2D eigenvalue weighted by Crippen LogP contribution is -2.13. The third-order valence-corrected chi connectivity index (χ3v) is 2.59. The molecule has 0 heterocycles. The standard InChI is InChI=1S/C14H23FN2O/c1-5-18-13-9-12(11(16)8-10(13)15)17-7-6-14(2,3)4/h8-9,17H,5-7,16H2,1-4H3. The zero-order chi connectivity index (χ0) is 13.8. The fourth-order valence-electron chi connectivity index (χ4n) is 1.56. The monoisotopic (exact) mass is 254 g/mol. The maximum atomic E-state index is 13.5. The van der Waals surface area contributed by atoms with Crippen LogP contribution in [0.1, 0.15) is 34.1 Å². The van der Waals surface area contributed by atoms with Crippen LogP contribution < -0.4 is 15.8 Å². The van der Waals surface area contributed by atoms with Crippen LogP contribution in [0.25, 0.3) is 0 Å². The normalized spacial score (nSPS) is 11.4. The molecule has 18 heavy (non-hydrogen) atoms. The van der Waals surface area contributed by atoms with Crippen molar-refractivity contribution in [2.75, 3.05) is 24.2 Å². The first-order valence-electron chi connectivity index (χ1n) is 6.29. The predicted octanol–water partition coefficient (Wildman–Crippen LogP) is 3.65. The molecule has 4 heteroatoms. The van der Waals surface area contributed by atoms with E-state index in [0.29, 0.717) is 12.3 Å². The number of halogens is 1. The van der Waals surface area contributed by atoms with E-state index in [1.165, 1.54) is 6.07 Å². The van der Waals surface area contributed by atoms with Gasteiger partial charge in [0.1, 0.15) is 0 Å². The van der Waals surface area contributed by atoms with Gasteiger partial charge in [-0.15, -0.1) is 0 Å². The van der Waals surface area contributed by atoms with Gasteiger partial charge in [-0.05, 0) is 18.8 Å². The van der Waals surface area contributed by atoms with Crippen LogP contribution in [0.3, 0.4) is 0 Å². The van der Waals surface area contributed by atoms with E-state index >= 15 is 0 Å². The molecule has 0 amide bonds. The molecule has 0 aliphatic carbocycles. The van der Waals surface area contributed by atoms with Crippen molar-refractivity contribution in [3.8, 4) is 5.75 Å². The molecule has 0 aliphatic rings. The van der Waals surface area contributed by atoms with Crippen LogP contribution >= 0.6 is 0 Å². The minimum absolute atomic E-state index is 0.241. The van der Waals surface area contributed by atoms with Gasteiger partial charge in [-0.2, -0.15) is 0 Å². The number of benzene rings is 1. The van der Waals surface area contributed by atoms with Crippen molar-refractivity contribution in [2.45, 2.75) is 34.1 Å². The molecule has 0 bridgehead atoms. The predicted molar refractivity (Wildman–Crippen MR) is 74.5 cm³/mol. The SMILES string of the molecule is CCOc1cc(NCCC(C)(C)C)c(N)cc1F. The summed E-state index contributed by atoms with van der Waals surface area (Å²) in [6.07, 6.45) is 1.01. The van der Waals surface area contributed by atoms with E-state index in [1.54, 1.807) is 6.07 Å². The molecule has 0 saturated heterocycles. The topological polar surface area (TPSA) is 47.3 Å². The summed E-state index contributed by atoms with van der Waals surface area (Å²) in [6, 6.07) is 2.92. The summed E-state index contributed by atoms with van der Waals surface area (Å²) in [4.78, 5) is 0. The van der Waals surface area contributed by atoms with E-state index in [2.05, 4.69) is 26.1 Å². The van der Waals surface area contributed by atoms with E-state index < -0.39 is 5.82 Å². The second-order valence-corrected chi connectivity index (χ2v) is 5.54. The van der Waals surface area contributed by atoms with Crippen LogP contribution in [-0.4, -0.2) is 13.2 Å². The molecule has 3 N–H and O–H groups in total. The summed E-state index contributed by atoms with van der Waals surface area (Å²) >= 11 is 0. The fourth-order valence-corrected chi connectivity index (χ4v) is 1.56. The van der Waals surface area contributed by atoms with Crippen molar-refractivity contribution >= 4 is 11.4 Å². The summed E-state index contributed by atoms with van der Waals surface area (Å²) in [5.41, 5.74) is 7.17. The zero-order valence-corrected chi connectivity index (χ0v) is 11.6. The van der Waals surface area contributed by atoms with Gasteiger partial charge < -0.3 is 15.8 Å². The Morgan fingerprint density at radius 2 is 2.00 bits per heavy atom. The van der Waals surface area contributed by atoms with E-state index in [9.17, 15) is 4.39 Å². The number of nitrogen functional groups attached to an aromatic ring is 1. The number of nitrogens with one attached hydrogen (secondary N) is 1. The van der Waals surface area contributed by atoms with Gasteiger partial charge in [-0.1, -0.05) is 20.8 Å². The second kappa shape index (κ2) is 5.94. The van der Waals surface area contributed by atoms with Gasteiger partial charge in [0.25, 0.3) is 0 Å². The number of ether oxygens (including phenoxy) is 1. The Morgan fingerprint density at radius 1 is 1.33 bits per heavy atom. The van der Waals surface area contributed by atoms with Crippen molar-refractivity contribution in [1.29, 1.82) is 0 Å². The van der Waals surface area contributed by atoms with Crippen LogP contribution in [0.2, 0.25) is 0 Å². The first-order valence-corrected chi connectivity index (χ1v) is 6.29. The zero-order valence-electron chi connectivity index (χ0n) is 11.6. The van der Waals surface area contributed by atoms with Crippen molar-refractivity contribution < 1.29 is 9.13 Å². The van der Waals surface area contributed by atoms with Gasteiger partial charge in [0.05, 0.1) is 18.0 Å². The van der Waals surface area contributed by atoms with Gasteiger partial charge in [0, 0.05) is 18.7 Å². The fraction of sp³-hybridized carbons (Fsp3) is 0.571. The Hall–Kier alpha value is -1.45. The summed E-state index contributed by atoms with van der Waals surface area (Å²) in [5.74, 6) is -0.180. The molecule has 1 rings (SSSR count). The van der Waals surface area contributed by atoms with Gasteiger partial charge in [0.2, 0.25) is 0 Å². The highest BCUT2D eigenvalue weighted by atomic mass is 19.1. The van der Waals surface area contributed by atoms with Crippen molar-refractivity contribution in [3.63, 3.8) is 0 Å². The lowest BCUT2D eigenvalue weighted by atomic mass is 9.92. The Kier molecular flexibility index (Phi) is 4.82.